The molecule has 0 amide bonds. The lowest BCUT2D eigenvalue weighted by molar-refractivity contribution is 0.385. The minimum atomic E-state index is -0.281. The van der Waals surface area contributed by atoms with Crippen molar-refractivity contribution in [1.82, 2.24) is 9.97 Å². The molecule has 1 aromatic heterocycles. The van der Waals surface area contributed by atoms with Crippen LogP contribution >= 0.6 is 0 Å². The largest absolute Gasteiger partial charge is 0.496 e. The number of anilines is 3. The maximum Gasteiger partial charge on any atom is 0.277 e. The first kappa shape index (κ1) is 14.1. The van der Waals surface area contributed by atoms with Gasteiger partial charge in [-0.25, -0.2) is 0 Å². The molecule has 0 spiro atoms. The fourth-order valence-corrected chi connectivity index (χ4v) is 2.52. The molecule has 0 aliphatic carbocycles. The summed E-state index contributed by atoms with van der Waals surface area (Å²) < 4.78 is 10.8. The van der Waals surface area contributed by atoms with Crippen LogP contribution in [0.15, 0.2) is 23.0 Å². The van der Waals surface area contributed by atoms with Crippen molar-refractivity contribution >= 4 is 17.5 Å². The Bertz CT molecular complexity index is 736. The number of hydrogen-bond acceptors (Lipinski definition) is 7. The van der Waals surface area contributed by atoms with Gasteiger partial charge in [0.2, 0.25) is 5.95 Å². The number of fused-ring (bicyclic) bond motifs is 1. The predicted molar refractivity (Wildman–Crippen MR) is 83.5 cm³/mol. The highest BCUT2D eigenvalue weighted by molar-refractivity contribution is 5.71. The topological polar surface area (TPSA) is 106 Å². The van der Waals surface area contributed by atoms with E-state index in [0.29, 0.717) is 36.2 Å². The van der Waals surface area contributed by atoms with E-state index in [1.807, 2.05) is 23.1 Å². The maximum atomic E-state index is 11.9. The molecule has 0 saturated carbocycles. The van der Waals surface area contributed by atoms with E-state index >= 15 is 0 Å². The van der Waals surface area contributed by atoms with E-state index in [1.165, 1.54) is 0 Å². The first-order chi connectivity index (χ1) is 10.6. The number of benzene rings is 1. The van der Waals surface area contributed by atoms with E-state index in [0.717, 1.165) is 5.56 Å². The number of nitrogens with two attached hydrogens (primary N) is 1. The number of rotatable bonds is 4. The standard InChI is InChI=1S/C14H17N5O3/c1-21-9-4-3-5-10(22-2)8(9)6-19-7-16-11-12(19)17-14(15)18-13(11)20/h3-5,16H,6-7H2,1-2H3,(H3,15,17,18,20). The van der Waals surface area contributed by atoms with Crippen LogP contribution in [0, 0.1) is 0 Å². The van der Waals surface area contributed by atoms with Gasteiger partial charge in [0, 0.05) is 0 Å². The Balaban J connectivity index is 1.99. The number of ether oxygens (including phenoxy) is 2. The summed E-state index contributed by atoms with van der Waals surface area (Å²) in [6.07, 6.45) is 0. The van der Waals surface area contributed by atoms with Crippen molar-refractivity contribution in [2.75, 3.05) is 36.8 Å². The summed E-state index contributed by atoms with van der Waals surface area (Å²) in [5.74, 6) is 2.04. The molecule has 0 atom stereocenters. The number of aromatic nitrogens is 2. The van der Waals surface area contributed by atoms with Crippen LogP contribution in [0.4, 0.5) is 17.5 Å². The first-order valence-corrected chi connectivity index (χ1v) is 6.72. The molecule has 2 aromatic rings. The molecule has 2 heterocycles. The molecule has 8 heteroatoms. The molecule has 22 heavy (non-hydrogen) atoms. The molecule has 3 rings (SSSR count). The average molecular weight is 303 g/mol. The molecule has 0 radical (unpaired) electrons. The summed E-state index contributed by atoms with van der Waals surface area (Å²) in [7, 11) is 3.21. The zero-order chi connectivity index (χ0) is 15.7. The van der Waals surface area contributed by atoms with E-state index in [4.69, 9.17) is 15.2 Å². The monoisotopic (exact) mass is 303 g/mol. The van der Waals surface area contributed by atoms with Gasteiger partial charge in [-0.15, -0.1) is 0 Å². The van der Waals surface area contributed by atoms with Crippen molar-refractivity contribution in [3.63, 3.8) is 0 Å². The van der Waals surface area contributed by atoms with Gasteiger partial charge in [0.1, 0.15) is 17.2 Å². The smallest absolute Gasteiger partial charge is 0.277 e. The SMILES string of the molecule is COc1cccc(OC)c1CN1CNc2c1nc(N)[nH]c2=O. The van der Waals surface area contributed by atoms with Crippen LogP contribution in [0.2, 0.25) is 0 Å². The van der Waals surface area contributed by atoms with Gasteiger partial charge in [0.25, 0.3) is 5.56 Å². The Morgan fingerprint density at radius 2 is 2.00 bits per heavy atom. The molecule has 1 aliphatic rings. The Morgan fingerprint density at radius 1 is 1.32 bits per heavy atom. The van der Waals surface area contributed by atoms with Gasteiger partial charge in [-0.2, -0.15) is 4.98 Å². The molecule has 8 nitrogen and oxygen atoms in total. The maximum absolute atomic E-state index is 11.9. The van der Waals surface area contributed by atoms with E-state index in [-0.39, 0.29) is 11.5 Å². The van der Waals surface area contributed by atoms with Crippen LogP contribution in [-0.4, -0.2) is 30.9 Å². The second-order valence-corrected chi connectivity index (χ2v) is 4.82. The third-order valence-electron chi connectivity index (χ3n) is 3.54. The van der Waals surface area contributed by atoms with Crippen molar-refractivity contribution in [3.05, 3.63) is 34.1 Å². The van der Waals surface area contributed by atoms with Crippen molar-refractivity contribution in [3.8, 4) is 11.5 Å². The van der Waals surface area contributed by atoms with Crippen molar-refractivity contribution < 1.29 is 9.47 Å². The highest BCUT2D eigenvalue weighted by Crippen LogP contribution is 2.33. The quantitative estimate of drug-likeness (QED) is 0.765. The Labute approximate surface area is 126 Å². The fourth-order valence-electron chi connectivity index (χ4n) is 2.52. The molecule has 0 fully saturated rings. The van der Waals surface area contributed by atoms with Crippen molar-refractivity contribution in [1.29, 1.82) is 0 Å². The van der Waals surface area contributed by atoms with Crippen LogP contribution < -0.4 is 31.0 Å². The minimum Gasteiger partial charge on any atom is -0.496 e. The van der Waals surface area contributed by atoms with Crippen molar-refractivity contribution in [2.24, 2.45) is 0 Å². The van der Waals surface area contributed by atoms with E-state index in [2.05, 4.69) is 15.3 Å². The second kappa shape index (κ2) is 5.47. The van der Waals surface area contributed by atoms with E-state index < -0.39 is 0 Å². The first-order valence-electron chi connectivity index (χ1n) is 6.72. The van der Waals surface area contributed by atoms with Crippen LogP contribution in [0.1, 0.15) is 5.56 Å². The number of aromatic amines is 1. The molecule has 0 bridgehead atoms. The van der Waals surface area contributed by atoms with Gasteiger partial charge >= 0.3 is 0 Å². The number of methoxy groups -OCH3 is 2. The third-order valence-corrected chi connectivity index (χ3v) is 3.54. The normalized spacial score (nSPS) is 12.7. The van der Waals surface area contributed by atoms with Gasteiger partial charge in [-0.3, -0.25) is 9.78 Å². The van der Waals surface area contributed by atoms with Crippen LogP contribution in [0.25, 0.3) is 0 Å². The average Bonchev–Trinajstić information content (AvgIpc) is 2.90. The van der Waals surface area contributed by atoms with E-state index in [1.54, 1.807) is 14.2 Å². The van der Waals surface area contributed by atoms with Crippen LogP contribution in [0.3, 0.4) is 0 Å². The number of H-pyrrole nitrogens is 1. The molecule has 0 unspecified atom stereocenters. The lowest BCUT2D eigenvalue weighted by Gasteiger charge is -2.20. The lowest BCUT2D eigenvalue weighted by Crippen LogP contribution is -2.23. The number of nitrogen functional groups attached to an aromatic ring is 1. The summed E-state index contributed by atoms with van der Waals surface area (Å²) >= 11 is 0. The van der Waals surface area contributed by atoms with Gasteiger partial charge in [-0.05, 0) is 12.1 Å². The number of hydrogen-bond donors (Lipinski definition) is 3. The molecule has 1 aliphatic heterocycles. The minimum absolute atomic E-state index is 0.0874. The van der Waals surface area contributed by atoms with Crippen molar-refractivity contribution in [2.45, 2.75) is 6.54 Å². The Kier molecular flexibility index (Phi) is 3.50. The Hall–Kier alpha value is -2.90. The Morgan fingerprint density at radius 3 is 2.64 bits per heavy atom. The van der Waals surface area contributed by atoms with Crippen LogP contribution in [-0.2, 0) is 6.54 Å². The summed E-state index contributed by atoms with van der Waals surface area (Å²) in [6.45, 7) is 0.930. The van der Waals surface area contributed by atoms with Gasteiger partial charge in [0.05, 0.1) is 33.0 Å². The molecule has 4 N–H and O–H groups in total. The zero-order valence-electron chi connectivity index (χ0n) is 12.3. The second-order valence-electron chi connectivity index (χ2n) is 4.82. The number of nitrogens with zero attached hydrogens (tertiary/aromatic N) is 2. The summed E-state index contributed by atoms with van der Waals surface area (Å²) in [5.41, 5.74) is 6.65. The number of nitrogens with one attached hydrogen (secondary N) is 2. The fraction of sp³-hybridized carbons (Fsp3) is 0.286. The molecular weight excluding hydrogens is 286 g/mol. The van der Waals surface area contributed by atoms with Gasteiger partial charge in [-0.1, -0.05) is 6.07 Å². The third kappa shape index (κ3) is 2.28. The lowest BCUT2D eigenvalue weighted by atomic mass is 10.1. The zero-order valence-corrected chi connectivity index (χ0v) is 12.3. The molecule has 1 aromatic carbocycles. The van der Waals surface area contributed by atoms with Gasteiger partial charge in [0.15, 0.2) is 5.82 Å². The van der Waals surface area contributed by atoms with Gasteiger partial charge < -0.3 is 25.4 Å². The molecular formula is C14H17N5O3. The summed E-state index contributed by atoms with van der Waals surface area (Å²) in [5, 5.41) is 3.02. The molecule has 116 valence electrons. The van der Waals surface area contributed by atoms with E-state index in [9.17, 15) is 4.79 Å². The summed E-state index contributed by atoms with van der Waals surface area (Å²) in [4.78, 5) is 20.4. The highest BCUT2D eigenvalue weighted by Gasteiger charge is 2.25. The van der Waals surface area contributed by atoms with Crippen LogP contribution in [0.5, 0.6) is 11.5 Å². The predicted octanol–water partition coefficient (Wildman–Crippen LogP) is 0.759. The highest BCUT2D eigenvalue weighted by atomic mass is 16.5. The molecule has 0 saturated heterocycles. The summed E-state index contributed by atoms with van der Waals surface area (Å²) in [6, 6.07) is 5.59.